The maximum atomic E-state index is 10.3. The number of rotatable bonds is 4. The summed E-state index contributed by atoms with van der Waals surface area (Å²) >= 11 is 5.07. The van der Waals surface area contributed by atoms with Gasteiger partial charge in [0.2, 0.25) is 0 Å². The highest BCUT2D eigenvalue weighted by atomic mass is 79.9. The number of aliphatic hydroxyl groups is 1. The van der Waals surface area contributed by atoms with E-state index >= 15 is 0 Å². The molecule has 3 rings (SSSR count). The fourth-order valence-corrected chi connectivity index (χ4v) is 3.52. The molecule has 1 aromatic carbocycles. The fraction of sp³-hybridized carbons (Fsp3) is 0.133. The van der Waals surface area contributed by atoms with Crippen molar-refractivity contribution in [3.63, 3.8) is 0 Å². The van der Waals surface area contributed by atoms with Gasteiger partial charge in [-0.15, -0.1) is 11.3 Å². The van der Waals surface area contributed by atoms with Gasteiger partial charge in [-0.05, 0) is 46.3 Å². The molecule has 0 radical (unpaired) electrons. The molecule has 0 fully saturated rings. The van der Waals surface area contributed by atoms with Crippen LogP contribution < -0.4 is 0 Å². The largest absolute Gasteiger partial charge is 0.386 e. The normalized spacial score (nSPS) is 12.5. The Morgan fingerprint density at radius 1 is 1.15 bits per heavy atom. The van der Waals surface area contributed by atoms with Gasteiger partial charge in [-0.2, -0.15) is 5.10 Å². The van der Waals surface area contributed by atoms with Crippen LogP contribution in [0.2, 0.25) is 0 Å². The second-order valence-corrected chi connectivity index (χ2v) is 6.99. The van der Waals surface area contributed by atoms with Gasteiger partial charge in [0.1, 0.15) is 6.10 Å². The number of thiophene rings is 1. The maximum Gasteiger partial charge on any atom is 0.103 e. The van der Waals surface area contributed by atoms with E-state index in [0.717, 1.165) is 14.4 Å². The van der Waals surface area contributed by atoms with Crippen molar-refractivity contribution in [2.24, 2.45) is 0 Å². The number of aromatic nitrogens is 2. The highest BCUT2D eigenvalue weighted by Gasteiger charge is 2.13. The predicted molar refractivity (Wildman–Crippen MR) is 84.2 cm³/mol. The molecule has 2 heterocycles. The van der Waals surface area contributed by atoms with E-state index in [4.69, 9.17) is 0 Å². The summed E-state index contributed by atoms with van der Waals surface area (Å²) in [5, 5.41) is 14.7. The summed E-state index contributed by atoms with van der Waals surface area (Å²) in [5.74, 6) is 0. The van der Waals surface area contributed by atoms with Gasteiger partial charge in [0.25, 0.3) is 0 Å². The third kappa shape index (κ3) is 3.00. The Morgan fingerprint density at radius 2 is 1.95 bits per heavy atom. The van der Waals surface area contributed by atoms with Crippen molar-refractivity contribution in [3.8, 4) is 5.69 Å². The molecule has 3 nitrogen and oxygen atoms in total. The lowest BCUT2D eigenvalue weighted by Crippen LogP contribution is -2.03. The molecule has 0 aliphatic carbocycles. The SMILES string of the molecule is OC(Cc1ccc(Br)s1)c1ccn(-c2ccccc2)n1. The molecule has 0 aliphatic rings. The van der Waals surface area contributed by atoms with Gasteiger partial charge in [0.05, 0.1) is 15.2 Å². The van der Waals surface area contributed by atoms with Gasteiger partial charge < -0.3 is 5.11 Å². The van der Waals surface area contributed by atoms with Crippen LogP contribution in [0.15, 0.2) is 58.5 Å². The van der Waals surface area contributed by atoms with E-state index in [1.54, 1.807) is 16.0 Å². The first kappa shape index (κ1) is 13.5. The first-order valence-corrected chi connectivity index (χ1v) is 7.86. The van der Waals surface area contributed by atoms with Gasteiger partial charge >= 0.3 is 0 Å². The van der Waals surface area contributed by atoms with E-state index in [0.29, 0.717) is 12.1 Å². The Kier molecular flexibility index (Phi) is 4.00. The Morgan fingerprint density at radius 3 is 2.65 bits per heavy atom. The first-order chi connectivity index (χ1) is 9.72. The molecule has 0 amide bonds. The number of hydrogen-bond acceptors (Lipinski definition) is 3. The summed E-state index contributed by atoms with van der Waals surface area (Å²) < 4.78 is 2.86. The van der Waals surface area contributed by atoms with Crippen molar-refractivity contribution >= 4 is 27.3 Å². The molecule has 2 aromatic heterocycles. The lowest BCUT2D eigenvalue weighted by atomic mass is 10.2. The molecule has 0 bridgehead atoms. The molecule has 20 heavy (non-hydrogen) atoms. The van der Waals surface area contributed by atoms with E-state index in [2.05, 4.69) is 21.0 Å². The Bertz CT molecular complexity index is 693. The molecule has 0 saturated carbocycles. The van der Waals surface area contributed by atoms with Crippen LogP contribution in [0.3, 0.4) is 0 Å². The Balaban J connectivity index is 1.76. The average molecular weight is 349 g/mol. The molecular weight excluding hydrogens is 336 g/mol. The van der Waals surface area contributed by atoms with Gasteiger partial charge in [0, 0.05) is 17.5 Å². The number of aliphatic hydroxyl groups excluding tert-OH is 1. The topological polar surface area (TPSA) is 38.0 Å². The van der Waals surface area contributed by atoms with Gasteiger partial charge in [0.15, 0.2) is 0 Å². The minimum atomic E-state index is -0.578. The minimum Gasteiger partial charge on any atom is -0.386 e. The van der Waals surface area contributed by atoms with Crippen molar-refractivity contribution in [2.75, 3.05) is 0 Å². The molecule has 3 aromatic rings. The Labute approximate surface area is 129 Å². The number of halogens is 1. The smallest absolute Gasteiger partial charge is 0.103 e. The molecule has 102 valence electrons. The lowest BCUT2D eigenvalue weighted by Gasteiger charge is -2.06. The summed E-state index contributed by atoms with van der Waals surface area (Å²) in [4.78, 5) is 1.14. The van der Waals surface area contributed by atoms with Crippen molar-refractivity contribution in [1.29, 1.82) is 0 Å². The second kappa shape index (κ2) is 5.91. The van der Waals surface area contributed by atoms with Crippen LogP contribution in [0.1, 0.15) is 16.7 Å². The molecule has 0 spiro atoms. The van der Waals surface area contributed by atoms with Crippen molar-refractivity contribution in [1.82, 2.24) is 9.78 Å². The second-order valence-electron chi connectivity index (χ2n) is 4.45. The van der Waals surface area contributed by atoms with Crippen molar-refractivity contribution in [2.45, 2.75) is 12.5 Å². The van der Waals surface area contributed by atoms with Crippen molar-refractivity contribution in [3.05, 3.63) is 69.1 Å². The third-order valence-corrected chi connectivity index (χ3v) is 4.64. The molecule has 1 atom stereocenters. The zero-order chi connectivity index (χ0) is 13.9. The van der Waals surface area contributed by atoms with E-state index in [-0.39, 0.29) is 0 Å². The predicted octanol–water partition coefficient (Wildman–Crippen LogP) is 3.97. The molecule has 1 unspecified atom stereocenters. The summed E-state index contributed by atoms with van der Waals surface area (Å²) in [6, 6.07) is 15.8. The molecule has 0 saturated heterocycles. The molecular formula is C15H13BrN2OS. The standard InChI is InChI=1S/C15H13BrN2OS/c16-15-7-6-12(20-15)10-14(19)13-8-9-18(17-13)11-4-2-1-3-5-11/h1-9,14,19H,10H2. The summed E-state index contributed by atoms with van der Waals surface area (Å²) in [6.45, 7) is 0. The van der Waals surface area contributed by atoms with Crippen LogP contribution in [-0.4, -0.2) is 14.9 Å². The number of benzene rings is 1. The first-order valence-electron chi connectivity index (χ1n) is 6.25. The number of hydrogen-bond donors (Lipinski definition) is 1. The van der Waals surface area contributed by atoms with Crippen LogP contribution >= 0.6 is 27.3 Å². The molecule has 0 aliphatic heterocycles. The van der Waals surface area contributed by atoms with Crippen molar-refractivity contribution < 1.29 is 5.11 Å². The average Bonchev–Trinajstić information content (AvgIpc) is 3.09. The van der Waals surface area contributed by atoms with Crippen LogP contribution in [0.25, 0.3) is 5.69 Å². The van der Waals surface area contributed by atoms with Crippen LogP contribution in [0.5, 0.6) is 0 Å². The van der Waals surface area contributed by atoms with E-state index in [1.165, 1.54) is 0 Å². The minimum absolute atomic E-state index is 0.578. The van der Waals surface area contributed by atoms with E-state index in [1.807, 2.05) is 54.7 Å². The highest BCUT2D eigenvalue weighted by molar-refractivity contribution is 9.11. The fourth-order valence-electron chi connectivity index (χ4n) is 2.00. The summed E-state index contributed by atoms with van der Waals surface area (Å²) in [7, 11) is 0. The van der Waals surface area contributed by atoms with Crippen LogP contribution in [0.4, 0.5) is 0 Å². The lowest BCUT2D eigenvalue weighted by molar-refractivity contribution is 0.174. The maximum absolute atomic E-state index is 10.3. The third-order valence-electron chi connectivity index (χ3n) is 3.00. The zero-order valence-electron chi connectivity index (χ0n) is 10.6. The molecule has 5 heteroatoms. The summed E-state index contributed by atoms with van der Waals surface area (Å²) in [5.41, 5.74) is 1.68. The van der Waals surface area contributed by atoms with Crippen LogP contribution in [-0.2, 0) is 6.42 Å². The van der Waals surface area contributed by atoms with E-state index in [9.17, 15) is 5.11 Å². The van der Waals surface area contributed by atoms with Gasteiger partial charge in [-0.25, -0.2) is 4.68 Å². The monoisotopic (exact) mass is 348 g/mol. The highest BCUT2D eigenvalue weighted by Crippen LogP contribution is 2.26. The quantitative estimate of drug-likeness (QED) is 0.774. The molecule has 1 N–H and O–H groups in total. The number of para-hydroxylation sites is 1. The van der Waals surface area contributed by atoms with Gasteiger partial charge in [-0.1, -0.05) is 18.2 Å². The van der Waals surface area contributed by atoms with Crippen LogP contribution in [0, 0.1) is 0 Å². The van der Waals surface area contributed by atoms with Gasteiger partial charge in [-0.3, -0.25) is 0 Å². The summed E-state index contributed by atoms with van der Waals surface area (Å²) in [6.07, 6.45) is 1.88. The van der Waals surface area contributed by atoms with E-state index < -0.39 is 6.10 Å². The number of nitrogens with zero attached hydrogens (tertiary/aromatic N) is 2. The zero-order valence-corrected chi connectivity index (χ0v) is 13.0. The Hall–Kier alpha value is -1.43.